The van der Waals surface area contributed by atoms with Crippen LogP contribution in [0.3, 0.4) is 0 Å². The molecule has 5 rings (SSSR count). The highest BCUT2D eigenvalue weighted by Crippen LogP contribution is 2.49. The molecule has 2 N–H and O–H groups in total. The van der Waals surface area contributed by atoms with Gasteiger partial charge in [0.05, 0.1) is 18.6 Å². The van der Waals surface area contributed by atoms with Gasteiger partial charge in [0.1, 0.15) is 5.01 Å². The number of amides is 1. The molecule has 3 heterocycles. The Hall–Kier alpha value is -1.78. The van der Waals surface area contributed by atoms with Gasteiger partial charge in [-0.1, -0.05) is 24.2 Å². The summed E-state index contributed by atoms with van der Waals surface area (Å²) in [5, 5.41) is 21.0. The fourth-order valence-electron chi connectivity index (χ4n) is 6.26. The molecule has 1 aromatic heterocycles. The highest BCUT2D eigenvalue weighted by atomic mass is 32.1. The fourth-order valence-corrected chi connectivity index (χ4v) is 6.97. The molecule has 4 fully saturated rings. The smallest absolute Gasteiger partial charge is 0.290 e. The number of anilines is 1. The van der Waals surface area contributed by atoms with Crippen molar-refractivity contribution in [1.82, 2.24) is 20.4 Å². The number of morpholine rings is 1. The zero-order valence-electron chi connectivity index (χ0n) is 19.6. The van der Waals surface area contributed by atoms with Crippen LogP contribution in [0.2, 0.25) is 0 Å². The van der Waals surface area contributed by atoms with E-state index in [-0.39, 0.29) is 11.9 Å². The predicted octanol–water partition coefficient (Wildman–Crippen LogP) is 2.30. The Morgan fingerprint density at radius 2 is 1.91 bits per heavy atom. The third kappa shape index (κ3) is 5.49. The van der Waals surface area contributed by atoms with Crippen LogP contribution in [0.25, 0.3) is 0 Å². The molecule has 2 aliphatic heterocycles. The summed E-state index contributed by atoms with van der Waals surface area (Å²) in [5.41, 5.74) is -0.288. The van der Waals surface area contributed by atoms with Crippen LogP contribution >= 0.6 is 11.3 Å². The maximum Gasteiger partial charge on any atom is 0.290 e. The second-order valence-electron chi connectivity index (χ2n) is 9.80. The van der Waals surface area contributed by atoms with Gasteiger partial charge in [0.2, 0.25) is 11.0 Å². The number of ether oxygens (including phenoxy) is 1. The molecular formula is C23H37N5O4S. The molecule has 10 heteroatoms. The molecule has 2 aliphatic carbocycles. The third-order valence-corrected chi connectivity index (χ3v) is 8.87. The summed E-state index contributed by atoms with van der Waals surface area (Å²) in [6.45, 7) is 7.29. The van der Waals surface area contributed by atoms with Crippen LogP contribution in [0.5, 0.6) is 0 Å². The Morgan fingerprint density at radius 1 is 1.18 bits per heavy atom. The zero-order valence-corrected chi connectivity index (χ0v) is 20.4. The van der Waals surface area contributed by atoms with E-state index in [0.29, 0.717) is 23.9 Å². The van der Waals surface area contributed by atoms with Crippen LogP contribution in [0.4, 0.5) is 5.13 Å². The lowest BCUT2D eigenvalue weighted by Crippen LogP contribution is -2.61. The van der Waals surface area contributed by atoms with Crippen molar-refractivity contribution in [3.8, 4) is 0 Å². The van der Waals surface area contributed by atoms with Crippen LogP contribution in [0.15, 0.2) is 0 Å². The topological polar surface area (TPSA) is 108 Å². The molecule has 0 spiro atoms. The average Bonchev–Trinajstić information content (AvgIpc) is 3.51. The SMILES string of the molecule is Cc1nnc(N2CC[C@@H]3C[C@@H](N4CCOCC4)CC[C@@]3(C(=O)NC3CCCC3)C2)s1.O=CO. The number of carboxylic acid groups (broad SMARTS) is 1. The molecule has 2 saturated carbocycles. The average molecular weight is 480 g/mol. The van der Waals surface area contributed by atoms with Crippen LogP contribution in [0.1, 0.15) is 56.4 Å². The summed E-state index contributed by atoms with van der Waals surface area (Å²) >= 11 is 1.65. The van der Waals surface area contributed by atoms with Crippen LogP contribution < -0.4 is 10.2 Å². The van der Waals surface area contributed by atoms with Crippen LogP contribution in [-0.2, 0) is 14.3 Å². The number of carbonyl (C=O) groups excluding carboxylic acids is 1. The number of fused-ring (bicyclic) bond motifs is 1. The Balaban J connectivity index is 0.000000821. The normalized spacial score (nSPS) is 30.8. The number of hydrogen-bond donors (Lipinski definition) is 2. The number of aryl methyl sites for hydroxylation is 1. The highest BCUT2D eigenvalue weighted by Gasteiger charge is 2.53. The van der Waals surface area contributed by atoms with Crippen molar-refractivity contribution < 1.29 is 19.4 Å². The van der Waals surface area contributed by atoms with E-state index in [0.717, 1.165) is 88.1 Å². The van der Waals surface area contributed by atoms with Gasteiger partial charge < -0.3 is 20.1 Å². The fraction of sp³-hybridized carbons (Fsp3) is 0.826. The molecule has 3 atom stereocenters. The van der Waals surface area contributed by atoms with Gasteiger partial charge in [0.15, 0.2) is 0 Å². The van der Waals surface area contributed by atoms with Crippen molar-refractivity contribution in [1.29, 1.82) is 0 Å². The van der Waals surface area contributed by atoms with Gasteiger partial charge in [-0.05, 0) is 51.4 Å². The van der Waals surface area contributed by atoms with Gasteiger partial charge in [-0.25, -0.2) is 0 Å². The summed E-state index contributed by atoms with van der Waals surface area (Å²) < 4.78 is 5.57. The Labute approximate surface area is 199 Å². The van der Waals surface area contributed by atoms with E-state index in [4.69, 9.17) is 14.6 Å². The van der Waals surface area contributed by atoms with E-state index in [1.54, 1.807) is 11.3 Å². The Bertz CT molecular complexity index is 796. The summed E-state index contributed by atoms with van der Waals surface area (Å²) in [4.78, 5) is 27.1. The molecule has 2 saturated heterocycles. The largest absolute Gasteiger partial charge is 0.483 e. The van der Waals surface area contributed by atoms with Gasteiger partial charge in [-0.15, -0.1) is 10.2 Å². The van der Waals surface area contributed by atoms with Crippen molar-refractivity contribution in [2.24, 2.45) is 11.3 Å². The molecule has 0 unspecified atom stereocenters. The minimum Gasteiger partial charge on any atom is -0.483 e. The highest BCUT2D eigenvalue weighted by molar-refractivity contribution is 7.15. The minimum atomic E-state index is -0.288. The van der Waals surface area contributed by atoms with Gasteiger partial charge >= 0.3 is 0 Å². The summed E-state index contributed by atoms with van der Waals surface area (Å²) in [6, 6.07) is 0.977. The first kappa shape index (κ1) is 24.3. The Morgan fingerprint density at radius 3 is 2.58 bits per heavy atom. The van der Waals surface area contributed by atoms with Crippen molar-refractivity contribution in [3.63, 3.8) is 0 Å². The summed E-state index contributed by atoms with van der Waals surface area (Å²) in [6.07, 6.45) is 9.07. The molecule has 33 heavy (non-hydrogen) atoms. The summed E-state index contributed by atoms with van der Waals surface area (Å²) in [5.74, 6) is 0.761. The molecule has 184 valence electrons. The summed E-state index contributed by atoms with van der Waals surface area (Å²) in [7, 11) is 0. The predicted molar refractivity (Wildman–Crippen MR) is 127 cm³/mol. The Kier molecular flexibility index (Phi) is 8.19. The number of piperidine rings is 1. The van der Waals surface area contributed by atoms with Crippen molar-refractivity contribution >= 4 is 28.8 Å². The van der Waals surface area contributed by atoms with Crippen molar-refractivity contribution in [2.45, 2.75) is 70.4 Å². The standard InChI is InChI=1S/C22H35N5O2S.CH2O2/c1-16-24-25-21(30-16)27-9-7-17-14-19(26-10-12-29-13-11-26)6-8-22(17,15-27)20(28)23-18-4-2-3-5-18;2-1-3/h17-19H,2-15H2,1H3,(H,23,28);1H,(H,2,3)/t17-,19+,22-;/m1./s1. The van der Waals surface area contributed by atoms with Gasteiger partial charge in [0.25, 0.3) is 6.47 Å². The monoisotopic (exact) mass is 479 g/mol. The molecule has 0 aromatic carbocycles. The second kappa shape index (κ2) is 11.1. The van der Waals surface area contributed by atoms with Crippen molar-refractivity contribution in [3.05, 3.63) is 5.01 Å². The van der Waals surface area contributed by atoms with E-state index in [2.05, 4.69) is 25.3 Å². The molecule has 0 bridgehead atoms. The van der Waals surface area contributed by atoms with Crippen molar-refractivity contribution in [2.75, 3.05) is 44.3 Å². The molecular weight excluding hydrogens is 442 g/mol. The van der Waals surface area contributed by atoms with E-state index in [9.17, 15) is 4.79 Å². The number of carbonyl (C=O) groups is 2. The van der Waals surface area contributed by atoms with E-state index >= 15 is 0 Å². The molecule has 4 aliphatic rings. The van der Waals surface area contributed by atoms with Crippen LogP contribution in [-0.4, -0.2) is 84.1 Å². The number of nitrogens with zero attached hydrogens (tertiary/aromatic N) is 4. The maximum atomic E-state index is 13.8. The lowest BCUT2D eigenvalue weighted by atomic mass is 9.61. The molecule has 1 amide bonds. The van der Waals surface area contributed by atoms with Gasteiger partial charge in [0, 0.05) is 38.3 Å². The van der Waals surface area contributed by atoms with E-state index < -0.39 is 0 Å². The van der Waals surface area contributed by atoms with Gasteiger partial charge in [-0.3, -0.25) is 14.5 Å². The maximum absolute atomic E-state index is 13.8. The zero-order chi connectivity index (χ0) is 23.3. The lowest BCUT2D eigenvalue weighted by Gasteiger charge is -2.53. The van der Waals surface area contributed by atoms with Crippen LogP contribution in [0, 0.1) is 18.3 Å². The number of aromatic nitrogens is 2. The minimum absolute atomic E-state index is 0.250. The molecule has 1 aromatic rings. The van der Waals surface area contributed by atoms with E-state index in [1.807, 2.05) is 6.92 Å². The van der Waals surface area contributed by atoms with E-state index in [1.165, 1.54) is 12.8 Å². The number of rotatable bonds is 4. The first-order valence-electron chi connectivity index (χ1n) is 12.3. The molecule has 0 radical (unpaired) electrons. The number of hydrogen-bond acceptors (Lipinski definition) is 8. The number of nitrogens with one attached hydrogen (secondary N) is 1. The third-order valence-electron chi connectivity index (χ3n) is 7.97. The lowest BCUT2D eigenvalue weighted by molar-refractivity contribution is -0.140. The second-order valence-corrected chi connectivity index (χ2v) is 11.0. The molecule has 9 nitrogen and oxygen atoms in total. The first-order chi connectivity index (χ1) is 16.1. The quantitative estimate of drug-likeness (QED) is 0.634. The first-order valence-corrected chi connectivity index (χ1v) is 13.1. The van der Waals surface area contributed by atoms with Gasteiger partial charge in [-0.2, -0.15) is 0 Å².